The molecule has 44 heavy (non-hydrogen) atoms. The number of aryl methyl sites for hydroxylation is 1. The van der Waals surface area contributed by atoms with Gasteiger partial charge in [-0.05, 0) is 87.4 Å². The average molecular weight is 618 g/mol. The number of hydrogen-bond acceptors (Lipinski definition) is 6. The number of nitrogens with one attached hydrogen (secondary N) is 1. The molecule has 1 unspecified atom stereocenters. The topological polar surface area (TPSA) is 87.2 Å². The summed E-state index contributed by atoms with van der Waals surface area (Å²) in [5, 5.41) is 2.89. The molecule has 0 saturated carbocycles. The van der Waals surface area contributed by atoms with Crippen molar-refractivity contribution in [1.82, 2.24) is 14.8 Å². The Labute approximate surface area is 256 Å². The Kier molecular flexibility index (Phi) is 9.29. The van der Waals surface area contributed by atoms with Crippen LogP contribution in [0.4, 0.5) is 34.3 Å². The van der Waals surface area contributed by atoms with Gasteiger partial charge in [0.25, 0.3) is 0 Å². The van der Waals surface area contributed by atoms with Gasteiger partial charge in [-0.2, -0.15) is 13.2 Å². The first-order chi connectivity index (χ1) is 20.7. The first-order valence-corrected chi connectivity index (χ1v) is 15.3. The summed E-state index contributed by atoms with van der Waals surface area (Å²) in [6, 6.07) is 9.34. The van der Waals surface area contributed by atoms with Crippen molar-refractivity contribution < 1.29 is 32.2 Å². The summed E-state index contributed by atoms with van der Waals surface area (Å²) in [5.74, 6) is 0.286. The fraction of sp³-hybridized carbons (Fsp3) is 0.594. The van der Waals surface area contributed by atoms with E-state index in [0.29, 0.717) is 58.0 Å². The third kappa shape index (κ3) is 8.13. The number of alkyl halides is 3. The largest absolute Gasteiger partial charge is 0.444 e. The molecular formula is C32H42F3N5O4. The molecule has 3 saturated heterocycles. The second-order valence-electron chi connectivity index (χ2n) is 13.0. The Morgan fingerprint density at radius 1 is 1.00 bits per heavy atom. The molecule has 1 aromatic heterocycles. The number of likely N-dealkylation sites (tertiary alicyclic amines) is 2. The number of carbonyl (C=O) groups excluding carboxylic acids is 2. The lowest BCUT2D eigenvalue weighted by Crippen LogP contribution is -2.37. The zero-order valence-corrected chi connectivity index (χ0v) is 25.9. The summed E-state index contributed by atoms with van der Waals surface area (Å²) >= 11 is 0. The van der Waals surface area contributed by atoms with E-state index in [1.54, 1.807) is 11.0 Å². The van der Waals surface area contributed by atoms with Crippen LogP contribution in [0.1, 0.15) is 57.2 Å². The zero-order valence-electron chi connectivity index (χ0n) is 25.9. The molecule has 3 aliphatic rings. The minimum absolute atomic E-state index is 0.0326. The molecule has 2 aromatic rings. The van der Waals surface area contributed by atoms with E-state index in [4.69, 9.17) is 14.5 Å². The molecule has 0 spiro atoms. The van der Waals surface area contributed by atoms with Crippen molar-refractivity contribution in [2.75, 3.05) is 62.7 Å². The minimum Gasteiger partial charge on any atom is -0.444 e. The monoisotopic (exact) mass is 617 g/mol. The maximum absolute atomic E-state index is 13.0. The molecule has 9 nitrogen and oxygen atoms in total. The van der Waals surface area contributed by atoms with Gasteiger partial charge in [0.15, 0.2) is 0 Å². The van der Waals surface area contributed by atoms with E-state index in [2.05, 4.69) is 16.3 Å². The Morgan fingerprint density at radius 3 is 2.43 bits per heavy atom. The van der Waals surface area contributed by atoms with Crippen molar-refractivity contribution in [2.24, 2.45) is 5.92 Å². The van der Waals surface area contributed by atoms with Gasteiger partial charge in [0.05, 0.1) is 13.2 Å². The van der Waals surface area contributed by atoms with Crippen molar-refractivity contribution in [2.45, 2.75) is 64.7 Å². The lowest BCUT2D eigenvalue weighted by atomic mass is 9.96. The molecule has 1 N–H and O–H groups in total. The summed E-state index contributed by atoms with van der Waals surface area (Å²) in [5.41, 5.74) is 3.73. The second kappa shape index (κ2) is 12.8. The number of benzene rings is 1. The summed E-state index contributed by atoms with van der Waals surface area (Å²) < 4.78 is 49.7. The van der Waals surface area contributed by atoms with Gasteiger partial charge in [0.2, 0.25) is 0 Å². The van der Waals surface area contributed by atoms with Gasteiger partial charge in [-0.15, -0.1) is 0 Å². The molecule has 240 valence electrons. The van der Waals surface area contributed by atoms with Crippen LogP contribution in [0.3, 0.4) is 0 Å². The van der Waals surface area contributed by atoms with Crippen LogP contribution in [0.5, 0.6) is 0 Å². The van der Waals surface area contributed by atoms with Crippen molar-refractivity contribution in [3.63, 3.8) is 0 Å². The first kappa shape index (κ1) is 31.9. The number of urea groups is 1. The molecular weight excluding hydrogens is 575 g/mol. The smallest absolute Gasteiger partial charge is 0.410 e. The van der Waals surface area contributed by atoms with Gasteiger partial charge in [0.1, 0.15) is 11.4 Å². The van der Waals surface area contributed by atoms with Gasteiger partial charge in [0, 0.05) is 63.0 Å². The van der Waals surface area contributed by atoms with E-state index in [-0.39, 0.29) is 18.6 Å². The summed E-state index contributed by atoms with van der Waals surface area (Å²) in [7, 11) is 0. The number of pyridine rings is 1. The molecule has 0 radical (unpaired) electrons. The quantitative estimate of drug-likeness (QED) is 0.417. The maximum atomic E-state index is 13.0. The van der Waals surface area contributed by atoms with Gasteiger partial charge in [-0.25, -0.2) is 14.6 Å². The summed E-state index contributed by atoms with van der Waals surface area (Å²) in [4.78, 5) is 36.2. The molecule has 1 aromatic carbocycles. The molecule has 5 rings (SSSR count). The lowest BCUT2D eigenvalue weighted by molar-refractivity contribution is -0.143. The molecule has 3 aliphatic heterocycles. The van der Waals surface area contributed by atoms with Crippen molar-refractivity contribution in [3.05, 3.63) is 41.6 Å². The van der Waals surface area contributed by atoms with E-state index in [1.807, 2.05) is 45.9 Å². The zero-order chi connectivity index (χ0) is 31.6. The van der Waals surface area contributed by atoms with Crippen LogP contribution >= 0.6 is 0 Å². The fourth-order valence-electron chi connectivity index (χ4n) is 6.07. The highest BCUT2D eigenvalue weighted by atomic mass is 19.4. The van der Waals surface area contributed by atoms with Crippen LogP contribution in [-0.4, -0.2) is 91.2 Å². The van der Waals surface area contributed by atoms with Crippen LogP contribution in [0.15, 0.2) is 30.3 Å². The Hall–Kier alpha value is -3.54. The number of nitrogens with zero attached hydrogens (tertiary/aromatic N) is 4. The standard InChI is InChI=1S/C32H42F3N5O4/c1-21-5-6-25(36-29(41)39-9-7-22(19-39)18-32(33,34)35)17-26(21)24-15-27(37-28(16-24)38-11-13-43-14-12-38)23-8-10-40(20-23)30(42)44-31(2,3)4/h5-6,15-17,22-23H,7-14,18-20H2,1-4H3,(H,36,41)/t22-,23?/m0/s1. The Morgan fingerprint density at radius 2 is 1.73 bits per heavy atom. The average Bonchev–Trinajstić information content (AvgIpc) is 3.63. The SMILES string of the molecule is Cc1ccc(NC(=O)N2CC[C@@H](CC(F)(F)F)C2)cc1-c1cc(C2CCN(C(=O)OC(C)(C)C)C2)nc(N2CCOCC2)c1. The van der Waals surface area contributed by atoms with E-state index in [1.165, 1.54) is 4.90 Å². The van der Waals surface area contributed by atoms with Crippen LogP contribution in [-0.2, 0) is 9.47 Å². The van der Waals surface area contributed by atoms with Crippen LogP contribution < -0.4 is 10.2 Å². The number of morpholine rings is 1. The molecule has 0 aliphatic carbocycles. The number of rotatable bonds is 5. The molecule has 12 heteroatoms. The number of aromatic nitrogens is 1. The van der Waals surface area contributed by atoms with Gasteiger partial charge in [-0.3, -0.25) is 0 Å². The molecule has 2 atom stereocenters. The summed E-state index contributed by atoms with van der Waals surface area (Å²) in [6.45, 7) is 11.7. The highest BCUT2D eigenvalue weighted by Gasteiger charge is 2.37. The third-order valence-electron chi connectivity index (χ3n) is 8.32. The second-order valence-corrected chi connectivity index (χ2v) is 13.0. The van der Waals surface area contributed by atoms with Crippen molar-refractivity contribution >= 4 is 23.6 Å². The van der Waals surface area contributed by atoms with Crippen LogP contribution in [0, 0.1) is 12.8 Å². The number of amides is 3. The number of anilines is 2. The van der Waals surface area contributed by atoms with E-state index < -0.39 is 30.1 Å². The first-order valence-electron chi connectivity index (χ1n) is 15.3. The Bertz CT molecular complexity index is 1360. The number of ether oxygens (including phenoxy) is 2. The number of carbonyl (C=O) groups is 2. The predicted octanol–water partition coefficient (Wildman–Crippen LogP) is 6.42. The fourth-order valence-corrected chi connectivity index (χ4v) is 6.07. The van der Waals surface area contributed by atoms with E-state index in [0.717, 1.165) is 34.6 Å². The maximum Gasteiger partial charge on any atom is 0.410 e. The highest BCUT2D eigenvalue weighted by molar-refractivity contribution is 5.90. The van der Waals surface area contributed by atoms with E-state index in [9.17, 15) is 22.8 Å². The van der Waals surface area contributed by atoms with Crippen molar-refractivity contribution in [1.29, 1.82) is 0 Å². The highest BCUT2D eigenvalue weighted by Crippen LogP contribution is 2.35. The normalized spacial score (nSPS) is 21.1. The third-order valence-corrected chi connectivity index (χ3v) is 8.32. The van der Waals surface area contributed by atoms with Gasteiger partial charge < -0.3 is 29.5 Å². The summed E-state index contributed by atoms with van der Waals surface area (Å²) in [6.07, 6.45) is -4.34. The number of halogens is 3. The minimum atomic E-state index is -4.24. The van der Waals surface area contributed by atoms with Gasteiger partial charge >= 0.3 is 18.3 Å². The van der Waals surface area contributed by atoms with Crippen molar-refractivity contribution in [3.8, 4) is 11.1 Å². The molecule has 3 fully saturated rings. The van der Waals surface area contributed by atoms with Gasteiger partial charge in [-0.1, -0.05) is 6.07 Å². The lowest BCUT2D eigenvalue weighted by Gasteiger charge is -2.29. The van der Waals surface area contributed by atoms with Crippen LogP contribution in [0.25, 0.3) is 11.1 Å². The van der Waals surface area contributed by atoms with E-state index >= 15 is 0 Å². The predicted molar refractivity (Wildman–Crippen MR) is 162 cm³/mol. The molecule has 4 heterocycles. The van der Waals surface area contributed by atoms with Crippen LogP contribution in [0.2, 0.25) is 0 Å². The Balaban J connectivity index is 1.38. The number of hydrogen-bond donors (Lipinski definition) is 1. The molecule has 3 amide bonds. The molecule has 0 bridgehead atoms.